The molecule has 0 spiro atoms. The molecule has 1 aromatic rings. The van der Waals surface area contributed by atoms with Gasteiger partial charge in [0.2, 0.25) is 0 Å². The number of piperidine rings is 1. The molecule has 1 saturated heterocycles. The number of nitrogens with zero attached hydrogens (tertiary/aromatic N) is 1. The van der Waals surface area contributed by atoms with Gasteiger partial charge in [-0.2, -0.15) is 0 Å². The van der Waals surface area contributed by atoms with Gasteiger partial charge in [0, 0.05) is 44.5 Å². The molecule has 1 fully saturated rings. The van der Waals surface area contributed by atoms with Crippen molar-refractivity contribution < 1.29 is 14.6 Å². The average molecular weight is 333 g/mol. The Hall–Kier alpha value is -1.47. The number of methoxy groups -OCH3 is 1. The molecule has 0 aromatic heterocycles. The molecule has 0 bridgehead atoms. The summed E-state index contributed by atoms with van der Waals surface area (Å²) in [6.07, 6.45) is 0.475. The molecule has 2 aliphatic heterocycles. The van der Waals surface area contributed by atoms with Crippen molar-refractivity contribution in [1.29, 1.82) is 0 Å². The van der Waals surface area contributed by atoms with Crippen LogP contribution < -0.4 is 10.6 Å². The molecule has 3 rings (SSSR count). The van der Waals surface area contributed by atoms with Crippen molar-refractivity contribution in [2.24, 2.45) is 10.9 Å². The van der Waals surface area contributed by atoms with Crippen LogP contribution in [0.4, 0.5) is 5.69 Å². The Balaban J connectivity index is 2.04. The van der Waals surface area contributed by atoms with Crippen LogP contribution >= 0.6 is 0 Å². The van der Waals surface area contributed by atoms with Gasteiger partial charge >= 0.3 is 0 Å². The molecule has 4 atom stereocenters. The van der Waals surface area contributed by atoms with Crippen molar-refractivity contribution >= 4 is 11.5 Å². The van der Waals surface area contributed by atoms with Crippen LogP contribution in [0.3, 0.4) is 0 Å². The lowest BCUT2D eigenvalue weighted by Crippen LogP contribution is -2.58. The molecular weight excluding hydrogens is 306 g/mol. The minimum absolute atomic E-state index is 0.0439. The van der Waals surface area contributed by atoms with E-state index in [1.54, 1.807) is 14.2 Å². The third kappa shape index (κ3) is 2.73. The summed E-state index contributed by atoms with van der Waals surface area (Å²) in [6, 6.07) is 6.05. The van der Waals surface area contributed by atoms with Gasteiger partial charge in [-0.15, -0.1) is 0 Å². The van der Waals surface area contributed by atoms with Crippen molar-refractivity contribution in [3.05, 3.63) is 29.3 Å². The molecular formula is C18H27N3O3. The molecule has 0 radical (unpaired) electrons. The number of fused-ring (bicyclic) bond motifs is 1. The third-order valence-corrected chi connectivity index (χ3v) is 5.05. The predicted molar refractivity (Wildman–Crippen MR) is 94.4 cm³/mol. The molecule has 6 heteroatoms. The largest absolute Gasteiger partial charge is 0.377 e. The predicted octanol–water partition coefficient (Wildman–Crippen LogP) is 1.62. The zero-order chi connectivity index (χ0) is 17.3. The molecule has 132 valence electrons. The number of hydrogen-bond donors (Lipinski definition) is 3. The highest BCUT2D eigenvalue weighted by Gasteiger charge is 2.53. The van der Waals surface area contributed by atoms with E-state index in [1.807, 2.05) is 32.0 Å². The topological polar surface area (TPSA) is 75.1 Å². The molecule has 0 saturated carbocycles. The van der Waals surface area contributed by atoms with E-state index in [0.717, 1.165) is 16.8 Å². The molecule has 2 heterocycles. The number of aryl methyl sites for hydroxylation is 1. The molecule has 1 aromatic carbocycles. The van der Waals surface area contributed by atoms with Gasteiger partial charge in [-0.25, -0.2) is 0 Å². The number of nitrogens with one attached hydrogen (secondary N) is 2. The van der Waals surface area contributed by atoms with Crippen molar-refractivity contribution in [1.82, 2.24) is 5.32 Å². The fraction of sp³-hybridized carbons (Fsp3) is 0.611. The Bertz CT molecular complexity index is 634. The van der Waals surface area contributed by atoms with Gasteiger partial charge in [0.25, 0.3) is 0 Å². The smallest absolute Gasteiger partial charge is 0.155 e. The van der Waals surface area contributed by atoms with Crippen LogP contribution in [0.2, 0.25) is 0 Å². The first-order valence-electron chi connectivity index (χ1n) is 8.50. The van der Waals surface area contributed by atoms with E-state index in [1.165, 1.54) is 0 Å². The van der Waals surface area contributed by atoms with E-state index >= 15 is 0 Å². The molecule has 0 amide bonds. The van der Waals surface area contributed by atoms with Crippen molar-refractivity contribution in [3.8, 4) is 0 Å². The van der Waals surface area contributed by atoms with Crippen LogP contribution in [-0.4, -0.2) is 50.6 Å². The number of aliphatic imine (C=N–C) groups is 1. The summed E-state index contributed by atoms with van der Waals surface area (Å²) in [5, 5.41) is 18.4. The van der Waals surface area contributed by atoms with Gasteiger partial charge in [0.15, 0.2) is 5.60 Å². The summed E-state index contributed by atoms with van der Waals surface area (Å²) >= 11 is 0. The summed E-state index contributed by atoms with van der Waals surface area (Å²) in [4.78, 5) is 4.33. The van der Waals surface area contributed by atoms with Gasteiger partial charge in [0.1, 0.15) is 12.1 Å². The molecule has 24 heavy (non-hydrogen) atoms. The van der Waals surface area contributed by atoms with Gasteiger partial charge < -0.3 is 19.9 Å². The Kier molecular flexibility index (Phi) is 4.92. The standard InChI is InChI=1S/C18H27N3O3/c1-5-24-12-9-14(16(23-4)20-10-12)18(22)13-8-11(2)6-7-15(13)21-17(18)19-3/h6-8,12,14,16,20,22H,5,9-10H2,1-4H3,(H,19,21). The first-order valence-corrected chi connectivity index (χ1v) is 8.50. The Labute approximate surface area is 143 Å². The minimum atomic E-state index is -1.22. The number of anilines is 1. The average Bonchev–Trinajstić information content (AvgIpc) is 2.88. The third-order valence-electron chi connectivity index (χ3n) is 5.05. The maximum absolute atomic E-state index is 11.8. The highest BCUT2D eigenvalue weighted by Crippen LogP contribution is 2.46. The van der Waals surface area contributed by atoms with E-state index in [2.05, 4.69) is 15.6 Å². The number of rotatable bonds is 4. The normalized spacial score (nSPS) is 34.2. The maximum atomic E-state index is 11.8. The maximum Gasteiger partial charge on any atom is 0.155 e. The van der Waals surface area contributed by atoms with E-state index in [9.17, 15) is 5.11 Å². The number of benzene rings is 1. The zero-order valence-corrected chi connectivity index (χ0v) is 14.8. The second-order valence-corrected chi connectivity index (χ2v) is 6.50. The number of hydrogen-bond acceptors (Lipinski definition) is 5. The van der Waals surface area contributed by atoms with Gasteiger partial charge in [-0.3, -0.25) is 10.3 Å². The van der Waals surface area contributed by atoms with Crippen molar-refractivity contribution in [3.63, 3.8) is 0 Å². The molecule has 0 aliphatic carbocycles. The van der Waals surface area contributed by atoms with Crippen LogP contribution in [0.25, 0.3) is 0 Å². The quantitative estimate of drug-likeness (QED) is 0.781. The summed E-state index contributed by atoms with van der Waals surface area (Å²) in [7, 11) is 3.36. The second kappa shape index (κ2) is 6.80. The Morgan fingerprint density at radius 1 is 1.42 bits per heavy atom. The monoisotopic (exact) mass is 333 g/mol. The van der Waals surface area contributed by atoms with Crippen molar-refractivity contribution in [2.75, 3.05) is 32.6 Å². The summed E-state index contributed by atoms with van der Waals surface area (Å²) in [5.41, 5.74) is 1.64. The van der Waals surface area contributed by atoms with Crippen LogP contribution in [0.5, 0.6) is 0 Å². The lowest BCUT2D eigenvalue weighted by molar-refractivity contribution is -0.111. The summed E-state index contributed by atoms with van der Waals surface area (Å²) in [5.74, 6) is 0.358. The Morgan fingerprint density at radius 3 is 2.88 bits per heavy atom. The second-order valence-electron chi connectivity index (χ2n) is 6.50. The molecule has 6 nitrogen and oxygen atoms in total. The number of ether oxygens (including phenoxy) is 2. The summed E-state index contributed by atoms with van der Waals surface area (Å²) in [6.45, 7) is 5.38. The first-order chi connectivity index (χ1) is 11.5. The molecule has 3 N–H and O–H groups in total. The van der Waals surface area contributed by atoms with E-state index in [4.69, 9.17) is 9.47 Å². The number of aliphatic hydroxyl groups is 1. The molecule has 4 unspecified atom stereocenters. The van der Waals surface area contributed by atoms with E-state index in [-0.39, 0.29) is 18.2 Å². The minimum Gasteiger partial charge on any atom is -0.377 e. The lowest BCUT2D eigenvalue weighted by Gasteiger charge is -2.43. The van der Waals surface area contributed by atoms with Crippen LogP contribution in [0.15, 0.2) is 23.2 Å². The SMILES string of the molecule is CCOC1CNC(OC)C(C2(O)C(=NC)Nc3ccc(C)cc32)C1. The highest BCUT2D eigenvalue weighted by molar-refractivity contribution is 6.08. The fourth-order valence-electron chi connectivity index (χ4n) is 3.91. The summed E-state index contributed by atoms with van der Waals surface area (Å²) < 4.78 is 11.4. The van der Waals surface area contributed by atoms with Gasteiger partial charge in [0.05, 0.1) is 6.10 Å². The van der Waals surface area contributed by atoms with Crippen LogP contribution in [0, 0.1) is 12.8 Å². The lowest BCUT2D eigenvalue weighted by atomic mass is 9.75. The Morgan fingerprint density at radius 2 is 2.21 bits per heavy atom. The van der Waals surface area contributed by atoms with E-state index in [0.29, 0.717) is 25.4 Å². The zero-order valence-electron chi connectivity index (χ0n) is 14.8. The van der Waals surface area contributed by atoms with E-state index < -0.39 is 5.60 Å². The van der Waals surface area contributed by atoms with Crippen molar-refractivity contribution in [2.45, 2.75) is 38.2 Å². The fourth-order valence-corrected chi connectivity index (χ4v) is 3.91. The van der Waals surface area contributed by atoms with Gasteiger partial charge in [-0.05, 0) is 26.3 Å². The number of amidine groups is 1. The highest BCUT2D eigenvalue weighted by atomic mass is 16.5. The molecule has 2 aliphatic rings. The first kappa shape index (κ1) is 17.4. The van der Waals surface area contributed by atoms with Crippen LogP contribution in [-0.2, 0) is 15.1 Å². The van der Waals surface area contributed by atoms with Gasteiger partial charge in [-0.1, -0.05) is 17.7 Å². The van der Waals surface area contributed by atoms with Crippen LogP contribution in [0.1, 0.15) is 24.5 Å².